The molecule has 3 heterocycles. The van der Waals surface area contributed by atoms with Gasteiger partial charge in [-0.1, -0.05) is 22.9 Å². The molecule has 31 heavy (non-hydrogen) atoms. The summed E-state index contributed by atoms with van der Waals surface area (Å²) in [5.74, 6) is 0.650. The Hall–Kier alpha value is -2.04. The van der Waals surface area contributed by atoms with E-state index >= 15 is 0 Å². The van der Waals surface area contributed by atoms with E-state index in [-0.39, 0.29) is 12.7 Å². The van der Waals surface area contributed by atoms with Gasteiger partial charge < -0.3 is 14.9 Å². The van der Waals surface area contributed by atoms with Crippen molar-refractivity contribution in [2.75, 3.05) is 19.7 Å². The Kier molecular flexibility index (Phi) is 6.59. The summed E-state index contributed by atoms with van der Waals surface area (Å²) >= 11 is 7.83. The van der Waals surface area contributed by atoms with Gasteiger partial charge in [-0.25, -0.2) is 4.68 Å². The lowest BCUT2D eigenvalue weighted by atomic mass is 10.1. The van der Waals surface area contributed by atoms with E-state index in [4.69, 9.17) is 26.5 Å². The maximum Gasteiger partial charge on any atom is 0.233 e. The molecule has 4 rings (SSSR count). The first-order chi connectivity index (χ1) is 14.9. The summed E-state index contributed by atoms with van der Waals surface area (Å²) in [6.07, 6.45) is 0.111. The van der Waals surface area contributed by atoms with E-state index in [9.17, 15) is 5.11 Å². The highest BCUT2D eigenvalue weighted by molar-refractivity contribution is 7.17. The molecule has 2 aromatic heterocycles. The lowest BCUT2D eigenvalue weighted by Gasteiger charge is -2.27. The zero-order valence-corrected chi connectivity index (χ0v) is 19.3. The molecule has 0 radical (unpaired) electrons. The van der Waals surface area contributed by atoms with Crippen molar-refractivity contribution in [3.63, 3.8) is 0 Å². The van der Waals surface area contributed by atoms with E-state index in [0.717, 1.165) is 40.5 Å². The minimum atomic E-state index is -0.730. The van der Waals surface area contributed by atoms with E-state index in [0.29, 0.717) is 29.0 Å². The third kappa shape index (κ3) is 4.75. The number of benzene rings is 1. The van der Waals surface area contributed by atoms with Crippen molar-refractivity contribution in [2.24, 2.45) is 0 Å². The summed E-state index contributed by atoms with van der Waals surface area (Å²) in [5, 5.41) is 34.3. The number of ether oxygens (including phenoxy) is 1. The van der Waals surface area contributed by atoms with E-state index in [1.807, 2.05) is 43.7 Å². The van der Waals surface area contributed by atoms with Gasteiger partial charge in [-0.3, -0.25) is 4.90 Å². The highest BCUT2D eigenvalue weighted by Gasteiger charge is 2.25. The smallest absolute Gasteiger partial charge is 0.233 e. The van der Waals surface area contributed by atoms with Gasteiger partial charge in [0.05, 0.1) is 29.5 Å². The van der Waals surface area contributed by atoms with Crippen LogP contribution in [0.4, 0.5) is 0 Å². The van der Waals surface area contributed by atoms with Crippen LogP contribution < -0.4 is 4.74 Å². The second kappa shape index (κ2) is 9.22. The molecule has 0 amide bonds. The Labute approximate surface area is 190 Å². The summed E-state index contributed by atoms with van der Waals surface area (Å²) in [6, 6.07) is 5.63. The predicted octanol–water partition coefficient (Wildman–Crippen LogP) is 2.85. The van der Waals surface area contributed by atoms with Gasteiger partial charge in [-0.05, 0) is 39.0 Å². The number of aliphatic hydroxyl groups excluding tert-OH is 2. The van der Waals surface area contributed by atoms with Gasteiger partial charge in [0, 0.05) is 42.9 Å². The standard InChI is InChI=1S/C21H26ClN5O3S/c1-12(2)30-19-5-4-14(8-17(19)22)20-23-24-21(31-20)27-13(3)16-10-26(9-15(29)11-28)7-6-18(16)25-27/h4-5,8,12,15,28-29H,6-7,9-11H2,1-3H3/t15-/m1/s1. The van der Waals surface area contributed by atoms with Gasteiger partial charge in [-0.15, -0.1) is 10.2 Å². The fourth-order valence-corrected chi connectivity index (χ4v) is 4.74. The number of fused-ring (bicyclic) bond motifs is 1. The van der Waals surface area contributed by atoms with Crippen LogP contribution in [0.25, 0.3) is 15.7 Å². The normalized spacial score (nSPS) is 15.3. The maximum absolute atomic E-state index is 9.75. The van der Waals surface area contributed by atoms with Gasteiger partial charge in [0.25, 0.3) is 0 Å². The number of nitrogens with zero attached hydrogens (tertiary/aromatic N) is 5. The average molecular weight is 464 g/mol. The summed E-state index contributed by atoms with van der Waals surface area (Å²) in [7, 11) is 0. The van der Waals surface area contributed by atoms with Crippen LogP contribution in [0.2, 0.25) is 5.02 Å². The van der Waals surface area contributed by atoms with Crippen molar-refractivity contribution in [3.05, 3.63) is 40.2 Å². The summed E-state index contributed by atoms with van der Waals surface area (Å²) in [6.45, 7) is 7.64. The molecule has 0 saturated heterocycles. The minimum Gasteiger partial charge on any atom is -0.489 e. The van der Waals surface area contributed by atoms with Gasteiger partial charge >= 0.3 is 0 Å². The van der Waals surface area contributed by atoms with Gasteiger partial charge in [0.2, 0.25) is 5.13 Å². The minimum absolute atomic E-state index is 0.0492. The number of β-amino-alcohol motifs (C(OH)–C–C–N with tert-alkyl or cyclic N) is 1. The van der Waals surface area contributed by atoms with Crippen LogP contribution in [-0.4, -0.2) is 67.0 Å². The van der Waals surface area contributed by atoms with E-state index < -0.39 is 6.10 Å². The average Bonchev–Trinajstić information content (AvgIpc) is 3.34. The first-order valence-electron chi connectivity index (χ1n) is 10.2. The number of halogens is 1. The highest BCUT2D eigenvalue weighted by Crippen LogP contribution is 2.34. The van der Waals surface area contributed by atoms with Crippen molar-refractivity contribution in [1.82, 2.24) is 24.9 Å². The molecule has 0 saturated carbocycles. The SMILES string of the molecule is Cc1c2c(nn1-c1nnc(-c3ccc(OC(C)C)c(Cl)c3)s1)CCN(C[C@@H](O)CO)C2. The van der Waals surface area contributed by atoms with Gasteiger partial charge in [0.1, 0.15) is 10.8 Å². The van der Waals surface area contributed by atoms with Crippen LogP contribution >= 0.6 is 22.9 Å². The Morgan fingerprint density at radius 2 is 2.10 bits per heavy atom. The third-order valence-electron chi connectivity index (χ3n) is 5.19. The third-order valence-corrected chi connectivity index (χ3v) is 6.43. The Morgan fingerprint density at radius 1 is 1.29 bits per heavy atom. The Balaban J connectivity index is 1.56. The molecule has 0 fully saturated rings. The monoisotopic (exact) mass is 463 g/mol. The molecule has 2 N–H and O–H groups in total. The van der Waals surface area contributed by atoms with E-state index in [1.165, 1.54) is 11.3 Å². The largest absolute Gasteiger partial charge is 0.489 e. The zero-order valence-electron chi connectivity index (χ0n) is 17.7. The predicted molar refractivity (Wildman–Crippen MR) is 120 cm³/mol. The molecular weight excluding hydrogens is 438 g/mol. The Bertz CT molecular complexity index is 1070. The number of hydrogen-bond donors (Lipinski definition) is 2. The lowest BCUT2D eigenvalue weighted by molar-refractivity contribution is 0.0549. The zero-order chi connectivity index (χ0) is 22.1. The molecule has 0 aliphatic carbocycles. The lowest BCUT2D eigenvalue weighted by Crippen LogP contribution is -2.37. The molecule has 0 bridgehead atoms. The fraction of sp³-hybridized carbons (Fsp3) is 0.476. The van der Waals surface area contributed by atoms with Gasteiger partial charge in [-0.2, -0.15) is 5.10 Å². The highest BCUT2D eigenvalue weighted by atomic mass is 35.5. The molecule has 1 aliphatic rings. The van der Waals surface area contributed by atoms with Crippen molar-refractivity contribution in [2.45, 2.75) is 45.9 Å². The molecule has 3 aromatic rings. The number of rotatable bonds is 7. The van der Waals surface area contributed by atoms with Gasteiger partial charge in [0.15, 0.2) is 0 Å². The molecule has 8 nitrogen and oxygen atoms in total. The van der Waals surface area contributed by atoms with Crippen molar-refractivity contribution < 1.29 is 14.9 Å². The summed E-state index contributed by atoms with van der Waals surface area (Å²) in [4.78, 5) is 2.14. The van der Waals surface area contributed by atoms with Crippen molar-refractivity contribution >= 4 is 22.9 Å². The van der Waals surface area contributed by atoms with Crippen LogP contribution in [0.3, 0.4) is 0 Å². The van der Waals surface area contributed by atoms with E-state index in [1.54, 1.807) is 0 Å². The molecule has 166 valence electrons. The summed E-state index contributed by atoms with van der Waals surface area (Å²) < 4.78 is 7.54. The molecule has 0 spiro atoms. The fourth-order valence-electron chi connectivity index (χ4n) is 3.66. The van der Waals surface area contributed by atoms with Crippen LogP contribution in [0.15, 0.2) is 18.2 Å². The quantitative estimate of drug-likeness (QED) is 0.556. The molecule has 1 atom stereocenters. The molecular formula is C21H26ClN5O3S. The number of hydrogen-bond acceptors (Lipinski definition) is 8. The molecule has 1 aromatic carbocycles. The maximum atomic E-state index is 9.75. The first-order valence-corrected chi connectivity index (χ1v) is 11.4. The van der Waals surface area contributed by atoms with Crippen molar-refractivity contribution in [3.8, 4) is 21.5 Å². The summed E-state index contributed by atoms with van der Waals surface area (Å²) in [5.41, 5.74) is 4.08. The number of aliphatic hydroxyl groups is 2. The second-order valence-corrected chi connectivity index (χ2v) is 9.31. The molecule has 0 unspecified atom stereocenters. The number of aromatic nitrogens is 4. The second-order valence-electron chi connectivity index (χ2n) is 7.95. The molecule has 10 heteroatoms. The van der Waals surface area contributed by atoms with Crippen LogP contribution in [0.1, 0.15) is 30.8 Å². The van der Waals surface area contributed by atoms with Crippen LogP contribution in [0.5, 0.6) is 5.75 Å². The topological polar surface area (TPSA) is 96.5 Å². The first kappa shape index (κ1) is 22.2. The van der Waals surface area contributed by atoms with E-state index in [2.05, 4.69) is 15.1 Å². The van der Waals surface area contributed by atoms with Crippen molar-refractivity contribution in [1.29, 1.82) is 0 Å². The Morgan fingerprint density at radius 3 is 2.81 bits per heavy atom. The van der Waals surface area contributed by atoms with Crippen LogP contribution in [0, 0.1) is 6.92 Å². The molecule has 1 aliphatic heterocycles. The van der Waals surface area contributed by atoms with Crippen LogP contribution in [-0.2, 0) is 13.0 Å².